The standard InChI is InChI=1S/C5H8N2S2/c1-7(2)5(8)9-4-3-6/h4H2,1-2H3. The van der Waals surface area contributed by atoms with Crippen LogP contribution >= 0.6 is 24.0 Å². The molecule has 0 amide bonds. The van der Waals surface area contributed by atoms with Crippen molar-refractivity contribution in [1.82, 2.24) is 4.90 Å². The Morgan fingerprint density at radius 3 is 2.67 bits per heavy atom. The monoisotopic (exact) mass is 160 g/mol. The first-order chi connectivity index (χ1) is 4.18. The van der Waals surface area contributed by atoms with E-state index in [9.17, 15) is 0 Å². The average Bonchev–Trinajstić information content (AvgIpc) is 1.82. The van der Waals surface area contributed by atoms with Gasteiger partial charge >= 0.3 is 0 Å². The van der Waals surface area contributed by atoms with Crippen molar-refractivity contribution in [3.05, 3.63) is 0 Å². The fraction of sp³-hybridized carbons (Fsp3) is 0.600. The molecule has 0 N–H and O–H groups in total. The molecule has 0 aliphatic heterocycles. The van der Waals surface area contributed by atoms with Crippen LogP contribution in [0.15, 0.2) is 0 Å². The van der Waals surface area contributed by atoms with Crippen molar-refractivity contribution in [2.24, 2.45) is 0 Å². The molecule has 0 atom stereocenters. The maximum atomic E-state index is 8.15. The lowest BCUT2D eigenvalue weighted by atomic mass is 10.9. The van der Waals surface area contributed by atoms with Crippen LogP contribution in [0.2, 0.25) is 0 Å². The topological polar surface area (TPSA) is 27.0 Å². The molecular weight excluding hydrogens is 152 g/mol. The highest BCUT2D eigenvalue weighted by atomic mass is 32.2. The quantitative estimate of drug-likeness (QED) is 0.537. The van der Waals surface area contributed by atoms with Gasteiger partial charge in [0.05, 0.1) is 11.8 Å². The van der Waals surface area contributed by atoms with Gasteiger partial charge in [-0.25, -0.2) is 0 Å². The van der Waals surface area contributed by atoms with Gasteiger partial charge in [-0.2, -0.15) is 5.26 Å². The molecule has 0 aliphatic rings. The van der Waals surface area contributed by atoms with Crippen LogP contribution in [0.5, 0.6) is 0 Å². The highest BCUT2D eigenvalue weighted by Crippen LogP contribution is 2.03. The fourth-order valence-corrected chi connectivity index (χ4v) is 0.846. The number of thiocarbonyl (C=S) groups is 1. The van der Waals surface area contributed by atoms with E-state index in [1.807, 2.05) is 25.1 Å². The molecule has 0 aliphatic carbocycles. The first-order valence-electron chi connectivity index (χ1n) is 2.39. The lowest BCUT2D eigenvalue weighted by Gasteiger charge is -2.09. The SMILES string of the molecule is CN(C)C(=S)SCC#N. The molecule has 0 fully saturated rings. The third-order valence-corrected chi connectivity index (χ3v) is 2.23. The Kier molecular flexibility index (Phi) is 4.46. The van der Waals surface area contributed by atoms with E-state index < -0.39 is 0 Å². The van der Waals surface area contributed by atoms with Gasteiger partial charge in [-0.05, 0) is 0 Å². The minimum Gasteiger partial charge on any atom is -0.364 e. The third-order valence-electron chi connectivity index (χ3n) is 0.625. The van der Waals surface area contributed by atoms with Crippen LogP contribution in [0.25, 0.3) is 0 Å². The summed E-state index contributed by atoms with van der Waals surface area (Å²) in [5, 5.41) is 8.15. The molecule has 0 spiro atoms. The van der Waals surface area contributed by atoms with Crippen molar-refractivity contribution in [3.8, 4) is 6.07 Å². The van der Waals surface area contributed by atoms with Crippen LogP contribution in [0.3, 0.4) is 0 Å². The summed E-state index contributed by atoms with van der Waals surface area (Å²) in [6.07, 6.45) is 0. The van der Waals surface area contributed by atoms with E-state index in [1.54, 1.807) is 0 Å². The number of hydrogen-bond acceptors (Lipinski definition) is 3. The van der Waals surface area contributed by atoms with Gasteiger partial charge in [-0.3, -0.25) is 0 Å². The van der Waals surface area contributed by atoms with Crippen molar-refractivity contribution >= 4 is 28.3 Å². The van der Waals surface area contributed by atoms with Gasteiger partial charge in [0, 0.05) is 14.1 Å². The van der Waals surface area contributed by atoms with Gasteiger partial charge in [-0.1, -0.05) is 24.0 Å². The highest BCUT2D eigenvalue weighted by Gasteiger charge is 1.96. The van der Waals surface area contributed by atoms with E-state index in [1.165, 1.54) is 11.8 Å². The van der Waals surface area contributed by atoms with Gasteiger partial charge < -0.3 is 4.90 Å². The maximum Gasteiger partial charge on any atom is 0.136 e. The minimum atomic E-state index is 0.441. The second-order valence-corrected chi connectivity index (χ2v) is 3.22. The third kappa shape index (κ3) is 4.25. The van der Waals surface area contributed by atoms with E-state index in [0.29, 0.717) is 5.75 Å². The maximum absolute atomic E-state index is 8.15. The van der Waals surface area contributed by atoms with Gasteiger partial charge in [-0.15, -0.1) is 0 Å². The molecule has 2 nitrogen and oxygen atoms in total. The predicted molar refractivity (Wildman–Crippen MR) is 44.4 cm³/mol. The average molecular weight is 160 g/mol. The molecule has 0 unspecified atom stereocenters. The van der Waals surface area contributed by atoms with Crippen LogP contribution in [0.4, 0.5) is 0 Å². The lowest BCUT2D eigenvalue weighted by Crippen LogP contribution is -2.16. The summed E-state index contributed by atoms with van der Waals surface area (Å²) in [5.74, 6) is 0.441. The van der Waals surface area contributed by atoms with Gasteiger partial charge in [0.1, 0.15) is 4.32 Å². The zero-order valence-corrected chi connectivity index (χ0v) is 7.05. The molecule has 0 saturated carbocycles. The van der Waals surface area contributed by atoms with E-state index in [2.05, 4.69) is 0 Å². The molecule has 4 heteroatoms. The second-order valence-electron chi connectivity index (χ2n) is 1.61. The van der Waals surface area contributed by atoms with Crippen molar-refractivity contribution in [2.45, 2.75) is 0 Å². The van der Waals surface area contributed by atoms with Crippen molar-refractivity contribution < 1.29 is 0 Å². The zero-order chi connectivity index (χ0) is 7.28. The summed E-state index contributed by atoms with van der Waals surface area (Å²) in [4.78, 5) is 1.82. The van der Waals surface area contributed by atoms with E-state index >= 15 is 0 Å². The summed E-state index contributed by atoms with van der Waals surface area (Å²) < 4.78 is 0.761. The Hall–Kier alpha value is -0.270. The van der Waals surface area contributed by atoms with E-state index in [-0.39, 0.29) is 0 Å². The molecule has 9 heavy (non-hydrogen) atoms. The molecule has 0 saturated heterocycles. The molecule has 0 aromatic rings. The van der Waals surface area contributed by atoms with Crippen LogP contribution in [0, 0.1) is 11.3 Å². The highest BCUT2D eigenvalue weighted by molar-refractivity contribution is 8.23. The first kappa shape index (κ1) is 8.73. The number of hydrogen-bond donors (Lipinski definition) is 0. The van der Waals surface area contributed by atoms with Gasteiger partial charge in [0.25, 0.3) is 0 Å². The normalized spacial score (nSPS) is 8.11. The van der Waals surface area contributed by atoms with Gasteiger partial charge in [0.2, 0.25) is 0 Å². The minimum absolute atomic E-state index is 0.441. The Bertz CT molecular complexity index is 136. The molecule has 50 valence electrons. The summed E-state index contributed by atoms with van der Waals surface area (Å²) in [5.41, 5.74) is 0. The largest absolute Gasteiger partial charge is 0.364 e. The summed E-state index contributed by atoms with van der Waals surface area (Å²) in [6.45, 7) is 0. The molecular formula is C5H8N2S2. The van der Waals surface area contributed by atoms with Crippen LogP contribution in [-0.4, -0.2) is 29.1 Å². The Morgan fingerprint density at radius 2 is 2.33 bits per heavy atom. The summed E-state index contributed by atoms with van der Waals surface area (Å²) in [7, 11) is 3.74. The summed E-state index contributed by atoms with van der Waals surface area (Å²) >= 11 is 6.26. The molecule has 0 rings (SSSR count). The fourth-order valence-electron chi connectivity index (χ4n) is 0.223. The number of nitrogens with zero attached hydrogens (tertiary/aromatic N) is 2. The van der Waals surface area contributed by atoms with Crippen molar-refractivity contribution in [2.75, 3.05) is 19.8 Å². The smallest absolute Gasteiger partial charge is 0.136 e. The van der Waals surface area contributed by atoms with Crippen molar-refractivity contribution in [1.29, 1.82) is 5.26 Å². The number of thioether (sulfide) groups is 1. The lowest BCUT2D eigenvalue weighted by molar-refractivity contribution is 0.648. The van der Waals surface area contributed by atoms with E-state index in [0.717, 1.165) is 4.32 Å². The Labute approximate surface area is 64.8 Å². The number of nitriles is 1. The van der Waals surface area contributed by atoms with Crippen molar-refractivity contribution in [3.63, 3.8) is 0 Å². The van der Waals surface area contributed by atoms with Crippen LogP contribution < -0.4 is 0 Å². The second kappa shape index (κ2) is 4.59. The molecule has 0 aromatic heterocycles. The Morgan fingerprint density at radius 1 is 1.78 bits per heavy atom. The molecule has 0 radical (unpaired) electrons. The molecule has 0 heterocycles. The van der Waals surface area contributed by atoms with Crippen LogP contribution in [-0.2, 0) is 0 Å². The van der Waals surface area contributed by atoms with Gasteiger partial charge in [0.15, 0.2) is 0 Å². The van der Waals surface area contributed by atoms with Crippen LogP contribution in [0.1, 0.15) is 0 Å². The Balaban J connectivity index is 3.42. The number of rotatable bonds is 1. The first-order valence-corrected chi connectivity index (χ1v) is 3.79. The summed E-state index contributed by atoms with van der Waals surface area (Å²) in [6, 6.07) is 2.00. The molecule has 0 bridgehead atoms. The zero-order valence-electron chi connectivity index (χ0n) is 5.42. The van der Waals surface area contributed by atoms with E-state index in [4.69, 9.17) is 17.5 Å². The molecule has 0 aromatic carbocycles. The predicted octanol–water partition coefficient (Wildman–Crippen LogP) is 1.09.